The standard InChI is InChI=1S/C46H96N.ClH/c1-5-7-9-11-13-15-17-19-21-23-25-27-29-31-33-35-37-39-41-43-45-47(3,4)46-44-42-40-38-36-34-32-30-28-26-24-22-20-18-16-14-12-10-8-6-2;/h5-46H2,1-4H3;1H/q+1;/p-1. The average Bonchev–Trinajstić information content (AvgIpc) is 3.06. The van der Waals surface area contributed by atoms with Crippen LogP contribution in [0.15, 0.2) is 0 Å². The molecular formula is C46H96ClN. The second-order valence-corrected chi connectivity index (χ2v) is 16.8. The van der Waals surface area contributed by atoms with Crippen molar-refractivity contribution in [1.29, 1.82) is 0 Å². The summed E-state index contributed by atoms with van der Waals surface area (Å²) < 4.78 is 1.25. The molecule has 0 aromatic carbocycles. The smallest absolute Gasteiger partial charge is 0.0782 e. The summed E-state index contributed by atoms with van der Waals surface area (Å²) in [5.41, 5.74) is 0. The number of hydrogen-bond donors (Lipinski definition) is 0. The minimum atomic E-state index is 0. The molecular weight excluding hydrogens is 602 g/mol. The predicted molar refractivity (Wildman–Crippen MR) is 218 cm³/mol. The molecule has 0 atom stereocenters. The summed E-state index contributed by atoms with van der Waals surface area (Å²) in [7, 11) is 4.95. The number of quaternary nitrogens is 1. The van der Waals surface area contributed by atoms with Gasteiger partial charge in [-0.2, -0.15) is 0 Å². The first-order chi connectivity index (χ1) is 23.1. The Morgan fingerprint density at radius 1 is 0.208 bits per heavy atom. The predicted octanol–water partition coefficient (Wildman–Crippen LogP) is 13.7. The van der Waals surface area contributed by atoms with E-state index in [-0.39, 0.29) is 12.4 Å². The Labute approximate surface area is 313 Å². The minimum absolute atomic E-state index is 0. The van der Waals surface area contributed by atoms with Gasteiger partial charge in [-0.25, -0.2) is 0 Å². The van der Waals surface area contributed by atoms with Crippen molar-refractivity contribution in [2.75, 3.05) is 27.2 Å². The summed E-state index contributed by atoms with van der Waals surface area (Å²) in [6.45, 7) is 7.40. The summed E-state index contributed by atoms with van der Waals surface area (Å²) in [6, 6.07) is 0. The lowest BCUT2D eigenvalue weighted by molar-refractivity contribution is -0.890. The highest BCUT2D eigenvalue weighted by Gasteiger charge is 2.13. The molecule has 0 aliphatic carbocycles. The van der Waals surface area contributed by atoms with Gasteiger partial charge in [0.05, 0.1) is 27.2 Å². The van der Waals surface area contributed by atoms with Crippen molar-refractivity contribution in [3.8, 4) is 0 Å². The molecule has 0 saturated carbocycles. The fraction of sp³-hybridized carbons (Fsp3) is 1.00. The lowest BCUT2D eigenvalue weighted by Gasteiger charge is -2.30. The first-order valence-electron chi connectivity index (χ1n) is 22.9. The van der Waals surface area contributed by atoms with Crippen molar-refractivity contribution >= 4 is 0 Å². The summed E-state index contributed by atoms with van der Waals surface area (Å²) in [5, 5.41) is 0. The summed E-state index contributed by atoms with van der Waals surface area (Å²) >= 11 is 0. The Morgan fingerprint density at radius 3 is 0.479 bits per heavy atom. The Hall–Kier alpha value is 0.250. The third-order valence-electron chi connectivity index (χ3n) is 11.2. The molecule has 0 amide bonds. The molecule has 0 unspecified atom stereocenters. The van der Waals surface area contributed by atoms with Gasteiger partial charge in [0.15, 0.2) is 0 Å². The maximum absolute atomic E-state index is 2.48. The zero-order valence-corrected chi connectivity index (χ0v) is 35.3. The summed E-state index contributed by atoms with van der Waals surface area (Å²) in [6.07, 6.45) is 58.9. The lowest BCUT2D eigenvalue weighted by Crippen LogP contribution is -3.00. The van der Waals surface area contributed by atoms with Crippen LogP contribution in [0.25, 0.3) is 0 Å². The molecule has 0 aromatic rings. The van der Waals surface area contributed by atoms with E-state index < -0.39 is 0 Å². The highest BCUT2D eigenvalue weighted by Crippen LogP contribution is 2.17. The van der Waals surface area contributed by atoms with E-state index >= 15 is 0 Å². The Kier molecular flexibility index (Phi) is 45.5. The number of halogens is 1. The van der Waals surface area contributed by atoms with Crippen LogP contribution >= 0.6 is 0 Å². The molecule has 0 bridgehead atoms. The van der Waals surface area contributed by atoms with Crippen molar-refractivity contribution in [3.63, 3.8) is 0 Å². The zero-order valence-electron chi connectivity index (χ0n) is 34.5. The second-order valence-electron chi connectivity index (χ2n) is 16.8. The lowest BCUT2D eigenvalue weighted by atomic mass is 10.0. The van der Waals surface area contributed by atoms with Crippen LogP contribution in [-0.4, -0.2) is 31.7 Å². The van der Waals surface area contributed by atoms with Gasteiger partial charge in [-0.05, 0) is 25.7 Å². The van der Waals surface area contributed by atoms with Gasteiger partial charge >= 0.3 is 0 Å². The maximum Gasteiger partial charge on any atom is 0.0782 e. The van der Waals surface area contributed by atoms with Gasteiger partial charge in [-0.15, -0.1) is 0 Å². The highest BCUT2D eigenvalue weighted by atomic mass is 35.5. The van der Waals surface area contributed by atoms with Crippen LogP contribution in [0.4, 0.5) is 0 Å². The van der Waals surface area contributed by atoms with Crippen LogP contribution in [0.5, 0.6) is 0 Å². The Bertz CT molecular complexity index is 500. The zero-order chi connectivity index (χ0) is 34.2. The van der Waals surface area contributed by atoms with E-state index in [4.69, 9.17) is 0 Å². The van der Waals surface area contributed by atoms with Crippen LogP contribution in [-0.2, 0) is 0 Å². The molecule has 0 N–H and O–H groups in total. The van der Waals surface area contributed by atoms with E-state index in [1.807, 2.05) is 0 Å². The molecule has 2 heteroatoms. The van der Waals surface area contributed by atoms with Crippen molar-refractivity contribution in [2.24, 2.45) is 0 Å². The van der Waals surface area contributed by atoms with E-state index in [0.717, 1.165) is 0 Å². The first-order valence-corrected chi connectivity index (χ1v) is 22.9. The highest BCUT2D eigenvalue weighted by molar-refractivity contribution is 4.53. The molecule has 1 nitrogen and oxygen atoms in total. The number of nitrogens with zero attached hydrogens (tertiary/aromatic N) is 1. The third-order valence-corrected chi connectivity index (χ3v) is 11.2. The van der Waals surface area contributed by atoms with Crippen LogP contribution in [0, 0.1) is 0 Å². The molecule has 0 aliphatic rings. The molecule has 0 aromatic heterocycles. The van der Waals surface area contributed by atoms with Crippen LogP contribution < -0.4 is 12.4 Å². The Morgan fingerprint density at radius 2 is 0.333 bits per heavy atom. The van der Waals surface area contributed by atoms with E-state index in [0.29, 0.717) is 0 Å². The van der Waals surface area contributed by atoms with Gasteiger partial charge < -0.3 is 16.9 Å². The fourth-order valence-corrected chi connectivity index (χ4v) is 7.70. The molecule has 0 radical (unpaired) electrons. The van der Waals surface area contributed by atoms with Crippen molar-refractivity contribution < 1.29 is 16.9 Å². The SMILES string of the molecule is CCCCCCCCCCCCCCCCCCCCCC[N+](C)(C)CCCCCCCCCCCCCCCCCCCCCC.[Cl-]. The summed E-state index contributed by atoms with van der Waals surface area (Å²) in [4.78, 5) is 0. The monoisotopic (exact) mass is 698 g/mol. The van der Waals surface area contributed by atoms with Crippen molar-refractivity contribution in [1.82, 2.24) is 0 Å². The number of unbranched alkanes of at least 4 members (excludes halogenated alkanes) is 38. The van der Waals surface area contributed by atoms with Crippen LogP contribution in [0.2, 0.25) is 0 Å². The van der Waals surface area contributed by atoms with E-state index in [9.17, 15) is 0 Å². The van der Waals surface area contributed by atoms with Gasteiger partial charge in [-0.1, -0.05) is 245 Å². The molecule has 0 fully saturated rings. The second kappa shape index (κ2) is 43.4. The molecule has 0 aliphatic heterocycles. The van der Waals surface area contributed by atoms with Crippen LogP contribution in [0.1, 0.15) is 271 Å². The van der Waals surface area contributed by atoms with Gasteiger partial charge in [0.1, 0.15) is 0 Å². The van der Waals surface area contributed by atoms with Crippen molar-refractivity contribution in [3.05, 3.63) is 0 Å². The molecule has 0 saturated heterocycles. The molecule has 0 rings (SSSR count). The van der Waals surface area contributed by atoms with Crippen LogP contribution in [0.3, 0.4) is 0 Å². The van der Waals surface area contributed by atoms with Gasteiger partial charge in [0.25, 0.3) is 0 Å². The third kappa shape index (κ3) is 44.3. The van der Waals surface area contributed by atoms with Gasteiger partial charge in [-0.3, -0.25) is 0 Å². The first kappa shape index (κ1) is 50.4. The summed E-state index contributed by atoms with van der Waals surface area (Å²) in [5.74, 6) is 0. The normalized spacial score (nSPS) is 11.8. The van der Waals surface area contributed by atoms with Gasteiger partial charge in [0, 0.05) is 0 Å². The minimum Gasteiger partial charge on any atom is -1.00 e. The number of hydrogen-bond acceptors (Lipinski definition) is 0. The fourth-order valence-electron chi connectivity index (χ4n) is 7.70. The maximum atomic E-state index is 2.48. The number of rotatable bonds is 42. The van der Waals surface area contributed by atoms with E-state index in [1.165, 1.54) is 274 Å². The largest absolute Gasteiger partial charge is 1.00 e. The quantitative estimate of drug-likeness (QED) is 0.0440. The molecule has 48 heavy (non-hydrogen) atoms. The Balaban J connectivity index is 0. The molecule has 0 spiro atoms. The topological polar surface area (TPSA) is 0 Å². The van der Waals surface area contributed by atoms with Gasteiger partial charge in [0.2, 0.25) is 0 Å². The van der Waals surface area contributed by atoms with Crippen molar-refractivity contribution in [2.45, 2.75) is 271 Å². The molecule has 292 valence electrons. The average molecular weight is 699 g/mol. The van der Waals surface area contributed by atoms with E-state index in [1.54, 1.807) is 0 Å². The molecule has 0 heterocycles. The van der Waals surface area contributed by atoms with E-state index in [2.05, 4.69) is 27.9 Å².